The summed E-state index contributed by atoms with van der Waals surface area (Å²) in [5.41, 5.74) is 3.99. The summed E-state index contributed by atoms with van der Waals surface area (Å²) < 4.78 is 5.88. The lowest BCUT2D eigenvalue weighted by Gasteiger charge is -2.32. The lowest BCUT2D eigenvalue weighted by atomic mass is 9.98. The normalized spacial score (nSPS) is 13.8. The lowest BCUT2D eigenvalue weighted by molar-refractivity contribution is -0.150. The summed E-state index contributed by atoms with van der Waals surface area (Å²) in [6.07, 6.45) is 8.20. The molecule has 2 heterocycles. The summed E-state index contributed by atoms with van der Waals surface area (Å²) in [6, 6.07) is 18.2. The molecule has 0 spiro atoms. The molecule has 47 heavy (non-hydrogen) atoms. The van der Waals surface area contributed by atoms with E-state index in [1.54, 1.807) is 4.90 Å². The number of likely N-dealkylation sites (N-methyl/N-ethyl adjacent to an activating group) is 1. The number of hydrogen-bond acceptors (Lipinski definition) is 7. The summed E-state index contributed by atoms with van der Waals surface area (Å²) in [7, 11) is 3.74. The first-order valence-electron chi connectivity index (χ1n) is 17.3. The molecule has 0 atom stereocenters. The molecule has 9 heteroatoms. The zero-order valence-electron chi connectivity index (χ0n) is 28.7. The van der Waals surface area contributed by atoms with Crippen LogP contribution in [0.2, 0.25) is 0 Å². The maximum absolute atomic E-state index is 12.8. The van der Waals surface area contributed by atoms with Crippen molar-refractivity contribution in [3.8, 4) is 11.1 Å². The Kier molecular flexibility index (Phi) is 14.4. The fourth-order valence-electron chi connectivity index (χ4n) is 6.09. The summed E-state index contributed by atoms with van der Waals surface area (Å²) in [5.74, 6) is 0.0876. The highest BCUT2D eigenvalue weighted by atomic mass is 32.1. The van der Waals surface area contributed by atoms with Gasteiger partial charge in [-0.15, -0.1) is 11.3 Å². The van der Waals surface area contributed by atoms with Crippen molar-refractivity contribution in [1.29, 1.82) is 0 Å². The second-order valence-electron chi connectivity index (χ2n) is 12.7. The number of esters is 1. The molecule has 0 bridgehead atoms. The monoisotopic (exact) mass is 660 g/mol. The quantitative estimate of drug-likeness (QED) is 0.117. The number of hydrogen-bond donors (Lipinski definition) is 0. The lowest BCUT2D eigenvalue weighted by Crippen LogP contribution is -2.42. The zero-order valence-corrected chi connectivity index (χ0v) is 29.5. The Morgan fingerprint density at radius 2 is 1.62 bits per heavy atom. The summed E-state index contributed by atoms with van der Waals surface area (Å²) >= 11 is 1.52. The topological polar surface area (TPSA) is 83.0 Å². The third kappa shape index (κ3) is 11.3. The maximum atomic E-state index is 12.8. The van der Waals surface area contributed by atoms with Crippen LogP contribution in [0.25, 0.3) is 11.1 Å². The van der Waals surface area contributed by atoms with Crippen LogP contribution in [-0.4, -0.2) is 90.4 Å². The van der Waals surface area contributed by atoms with Gasteiger partial charge in [0.1, 0.15) is 11.0 Å². The van der Waals surface area contributed by atoms with Crippen LogP contribution in [0.5, 0.6) is 0 Å². The second kappa shape index (κ2) is 18.7. The van der Waals surface area contributed by atoms with Crippen LogP contribution in [0, 0.1) is 6.92 Å². The second-order valence-corrected chi connectivity index (χ2v) is 13.8. The van der Waals surface area contributed by atoms with Crippen LogP contribution in [0.3, 0.4) is 0 Å². The number of amides is 2. The molecule has 2 aromatic carbocycles. The number of thiazole rings is 1. The Morgan fingerprint density at radius 1 is 0.915 bits per heavy atom. The molecule has 8 nitrogen and oxygen atoms in total. The molecular formula is C38H52N4O4S. The predicted octanol–water partition coefficient (Wildman–Crippen LogP) is 6.80. The fourth-order valence-corrected chi connectivity index (χ4v) is 7.19. The molecular weight excluding hydrogens is 609 g/mol. The van der Waals surface area contributed by atoms with Crippen LogP contribution in [0.1, 0.15) is 84.2 Å². The zero-order chi connectivity index (χ0) is 33.6. The minimum Gasteiger partial charge on any atom is -0.462 e. The number of aromatic nitrogens is 1. The summed E-state index contributed by atoms with van der Waals surface area (Å²) in [5, 5.41) is 1.03. The Hall–Kier alpha value is -3.56. The van der Waals surface area contributed by atoms with Crippen molar-refractivity contribution in [2.24, 2.45) is 0 Å². The molecule has 1 aromatic heterocycles. The molecule has 0 saturated carbocycles. The minimum absolute atomic E-state index is 0.0568. The van der Waals surface area contributed by atoms with Gasteiger partial charge < -0.3 is 19.4 Å². The molecule has 3 aromatic rings. The molecule has 2 amide bonds. The number of ether oxygens (including phenoxy) is 1. The summed E-state index contributed by atoms with van der Waals surface area (Å²) in [4.78, 5) is 49.5. The molecule has 0 radical (unpaired) electrons. The SMILES string of the molecule is CCCN(C)C(=O)c1sc(CCCCCCC(=O)N(C)CCN2CCC(OC(=O)Cc3ccccc3-c3ccccc3)CC2)nc1C. The Balaban J connectivity index is 1.06. The van der Waals surface area contributed by atoms with E-state index in [1.165, 1.54) is 11.3 Å². The molecule has 0 N–H and O–H groups in total. The van der Waals surface area contributed by atoms with Crippen LogP contribution < -0.4 is 0 Å². The van der Waals surface area contributed by atoms with Crippen LogP contribution in [0.15, 0.2) is 54.6 Å². The smallest absolute Gasteiger partial charge is 0.310 e. The van der Waals surface area contributed by atoms with Crippen molar-refractivity contribution in [2.45, 2.75) is 84.2 Å². The Bertz CT molecular complexity index is 1430. The van der Waals surface area contributed by atoms with Crippen molar-refractivity contribution in [3.05, 3.63) is 75.7 Å². The van der Waals surface area contributed by atoms with E-state index in [9.17, 15) is 14.4 Å². The first-order valence-corrected chi connectivity index (χ1v) is 18.1. The minimum atomic E-state index is -0.174. The van der Waals surface area contributed by atoms with E-state index < -0.39 is 0 Å². The van der Waals surface area contributed by atoms with Gasteiger partial charge in [-0.2, -0.15) is 0 Å². The number of carbonyl (C=O) groups excluding carboxylic acids is 3. The van der Waals surface area contributed by atoms with Gasteiger partial charge in [-0.05, 0) is 62.1 Å². The number of nitrogens with zero attached hydrogens (tertiary/aromatic N) is 4. The van der Waals surface area contributed by atoms with Gasteiger partial charge in [-0.25, -0.2) is 4.98 Å². The number of likely N-dealkylation sites (tertiary alicyclic amines) is 1. The molecule has 4 rings (SSSR count). The van der Waals surface area contributed by atoms with Crippen LogP contribution >= 0.6 is 11.3 Å². The van der Waals surface area contributed by atoms with E-state index in [0.717, 1.165) is 110 Å². The number of rotatable bonds is 17. The largest absolute Gasteiger partial charge is 0.462 e. The van der Waals surface area contributed by atoms with Crippen LogP contribution in [0.4, 0.5) is 0 Å². The highest BCUT2D eigenvalue weighted by Gasteiger charge is 2.23. The van der Waals surface area contributed by atoms with E-state index in [-0.39, 0.29) is 30.3 Å². The van der Waals surface area contributed by atoms with E-state index >= 15 is 0 Å². The highest BCUT2D eigenvalue weighted by Crippen LogP contribution is 2.25. The highest BCUT2D eigenvalue weighted by molar-refractivity contribution is 7.13. The van der Waals surface area contributed by atoms with E-state index in [4.69, 9.17) is 4.74 Å². The first kappa shape index (κ1) is 36.3. The van der Waals surface area contributed by atoms with Gasteiger partial charge in [-0.1, -0.05) is 74.4 Å². The third-order valence-electron chi connectivity index (χ3n) is 8.92. The molecule has 254 valence electrons. The third-order valence-corrected chi connectivity index (χ3v) is 10.1. The average Bonchev–Trinajstić information content (AvgIpc) is 3.45. The standard InChI is InChI=1S/C38H52N4O4S/c1-5-23-41(4)38(45)37-29(2)39-34(47-37)19-11-6-7-12-20-35(43)40(3)26-27-42-24-21-32(22-25-42)46-36(44)28-31-17-13-14-18-33(31)30-15-9-8-10-16-30/h8-10,13-18,32H,5-7,11-12,19-28H2,1-4H3. The van der Waals surface area contributed by atoms with Crippen molar-refractivity contribution in [1.82, 2.24) is 19.7 Å². The number of unbranched alkanes of at least 4 members (excludes halogenated alkanes) is 3. The molecule has 0 aliphatic carbocycles. The molecule has 1 aliphatic rings. The number of aryl methyl sites for hydroxylation is 2. The van der Waals surface area contributed by atoms with Crippen molar-refractivity contribution < 1.29 is 19.1 Å². The van der Waals surface area contributed by atoms with Gasteiger partial charge in [0.2, 0.25) is 5.91 Å². The first-order chi connectivity index (χ1) is 22.7. The Labute approximate surface area is 285 Å². The Morgan fingerprint density at radius 3 is 2.36 bits per heavy atom. The van der Waals surface area contributed by atoms with E-state index in [0.29, 0.717) is 13.0 Å². The number of piperidine rings is 1. The molecule has 1 saturated heterocycles. The van der Waals surface area contributed by atoms with Gasteiger partial charge in [0, 0.05) is 53.2 Å². The van der Waals surface area contributed by atoms with Crippen molar-refractivity contribution in [3.63, 3.8) is 0 Å². The van der Waals surface area contributed by atoms with Gasteiger partial charge in [0.25, 0.3) is 5.91 Å². The van der Waals surface area contributed by atoms with Gasteiger partial charge in [-0.3, -0.25) is 14.4 Å². The van der Waals surface area contributed by atoms with E-state index in [2.05, 4.69) is 35.0 Å². The fraction of sp³-hybridized carbons (Fsp3) is 0.526. The molecule has 1 fully saturated rings. The molecule has 1 aliphatic heterocycles. The van der Waals surface area contributed by atoms with Crippen molar-refractivity contribution in [2.75, 3.05) is 46.8 Å². The molecule has 0 unspecified atom stereocenters. The van der Waals surface area contributed by atoms with Crippen molar-refractivity contribution >= 4 is 29.1 Å². The average molecular weight is 661 g/mol. The number of benzene rings is 2. The van der Waals surface area contributed by atoms with Gasteiger partial charge in [0.05, 0.1) is 17.1 Å². The van der Waals surface area contributed by atoms with E-state index in [1.807, 2.05) is 62.3 Å². The van der Waals surface area contributed by atoms with Crippen LogP contribution in [-0.2, 0) is 27.2 Å². The maximum Gasteiger partial charge on any atom is 0.310 e. The predicted molar refractivity (Wildman–Crippen MR) is 190 cm³/mol. The van der Waals surface area contributed by atoms with Gasteiger partial charge >= 0.3 is 5.97 Å². The van der Waals surface area contributed by atoms with Gasteiger partial charge in [0.15, 0.2) is 0 Å². The summed E-state index contributed by atoms with van der Waals surface area (Å²) in [6.45, 7) is 8.01. The number of carbonyl (C=O) groups is 3.